The van der Waals surface area contributed by atoms with Gasteiger partial charge >= 0.3 is 5.97 Å². The molecule has 0 N–H and O–H groups in total. The first-order valence-corrected chi connectivity index (χ1v) is 6.41. The van der Waals surface area contributed by atoms with Crippen molar-refractivity contribution in [1.29, 1.82) is 0 Å². The molecule has 0 aromatic heterocycles. The lowest BCUT2D eigenvalue weighted by Crippen LogP contribution is -2.06. The predicted molar refractivity (Wildman–Crippen MR) is 80.0 cm³/mol. The van der Waals surface area contributed by atoms with E-state index >= 15 is 0 Å². The summed E-state index contributed by atoms with van der Waals surface area (Å²) in [6.45, 7) is 1.50. The Labute approximate surface area is 126 Å². The number of hydrogen-bond donors (Lipinski definition) is 0. The molecule has 22 heavy (non-hydrogen) atoms. The van der Waals surface area contributed by atoms with Crippen LogP contribution in [0.25, 0.3) is 11.1 Å². The van der Waals surface area contributed by atoms with Crippen LogP contribution < -0.4 is 0 Å². The molecule has 0 aliphatic heterocycles. The zero-order chi connectivity index (χ0) is 16.3. The molecule has 2 aromatic rings. The van der Waals surface area contributed by atoms with E-state index in [1.54, 1.807) is 30.3 Å². The molecule has 2 aromatic carbocycles. The van der Waals surface area contributed by atoms with Gasteiger partial charge in [0.2, 0.25) is 0 Å². The maximum atomic E-state index is 11.8. The van der Waals surface area contributed by atoms with Gasteiger partial charge in [-0.25, -0.2) is 4.79 Å². The molecule has 6 heteroatoms. The number of nitrogens with zero attached hydrogens (tertiary/aromatic N) is 1. The Morgan fingerprint density at radius 3 is 2.32 bits per heavy atom. The number of aldehydes is 1. The number of nitro benzene ring substituents is 1. The predicted octanol–water partition coefficient (Wildman–Crippen LogP) is 3.17. The monoisotopic (exact) mass is 299 g/mol. The summed E-state index contributed by atoms with van der Waals surface area (Å²) < 4.78 is 4.67. The molecule has 0 bridgehead atoms. The van der Waals surface area contributed by atoms with Crippen molar-refractivity contribution < 1.29 is 19.2 Å². The van der Waals surface area contributed by atoms with E-state index in [1.807, 2.05) is 0 Å². The van der Waals surface area contributed by atoms with E-state index in [1.165, 1.54) is 20.1 Å². The van der Waals surface area contributed by atoms with Crippen LogP contribution in [0.5, 0.6) is 0 Å². The van der Waals surface area contributed by atoms with Gasteiger partial charge in [0.1, 0.15) is 6.29 Å². The number of carbonyl (C=O) groups is 2. The van der Waals surface area contributed by atoms with Crippen LogP contribution in [0.15, 0.2) is 36.4 Å². The average Bonchev–Trinajstić information content (AvgIpc) is 2.54. The summed E-state index contributed by atoms with van der Waals surface area (Å²) in [5.41, 5.74) is 1.92. The van der Waals surface area contributed by atoms with Crippen LogP contribution >= 0.6 is 0 Å². The maximum absolute atomic E-state index is 11.8. The summed E-state index contributed by atoms with van der Waals surface area (Å²) in [4.78, 5) is 33.1. The zero-order valence-electron chi connectivity index (χ0n) is 12.0. The van der Waals surface area contributed by atoms with Gasteiger partial charge in [0.25, 0.3) is 5.69 Å². The van der Waals surface area contributed by atoms with E-state index in [9.17, 15) is 19.7 Å². The molecule has 6 nitrogen and oxygen atoms in total. The Hall–Kier alpha value is -3.02. The molecule has 0 heterocycles. The summed E-state index contributed by atoms with van der Waals surface area (Å²) in [7, 11) is 1.22. The highest BCUT2D eigenvalue weighted by molar-refractivity contribution is 5.94. The molecule has 0 saturated carbocycles. The van der Waals surface area contributed by atoms with Gasteiger partial charge in [-0.1, -0.05) is 24.3 Å². The van der Waals surface area contributed by atoms with Gasteiger partial charge in [-0.2, -0.15) is 0 Å². The second-order valence-electron chi connectivity index (χ2n) is 4.66. The summed E-state index contributed by atoms with van der Waals surface area (Å²) in [5.74, 6) is -0.632. The first-order chi connectivity index (χ1) is 10.5. The third-order valence-corrected chi connectivity index (χ3v) is 3.36. The Balaban J connectivity index is 2.64. The lowest BCUT2D eigenvalue weighted by atomic mass is 9.97. The maximum Gasteiger partial charge on any atom is 0.338 e. The number of hydrogen-bond acceptors (Lipinski definition) is 5. The third-order valence-electron chi connectivity index (χ3n) is 3.36. The molecule has 0 aliphatic carbocycles. The minimum absolute atomic E-state index is 0.145. The van der Waals surface area contributed by atoms with Crippen molar-refractivity contribution in [3.8, 4) is 11.1 Å². The molecule has 0 radical (unpaired) electrons. The van der Waals surface area contributed by atoms with E-state index in [0.29, 0.717) is 23.0 Å². The Morgan fingerprint density at radius 2 is 1.82 bits per heavy atom. The Bertz CT molecular complexity index is 750. The molecular formula is C16H13NO5. The molecule has 0 unspecified atom stereocenters. The van der Waals surface area contributed by atoms with Crippen LogP contribution in [-0.4, -0.2) is 24.3 Å². The molecule has 0 aliphatic rings. The SMILES string of the molecule is COC(=O)c1cc(-c2ccc(C=O)cc2)cc([N+](=O)[O-])c1C. The van der Waals surface area contributed by atoms with Gasteiger partial charge < -0.3 is 4.74 Å². The molecule has 0 amide bonds. The summed E-state index contributed by atoms with van der Waals surface area (Å²) in [6, 6.07) is 9.48. The number of esters is 1. The van der Waals surface area contributed by atoms with Gasteiger partial charge in [-0.3, -0.25) is 14.9 Å². The van der Waals surface area contributed by atoms with Crippen molar-refractivity contribution in [2.24, 2.45) is 0 Å². The molecule has 0 atom stereocenters. The van der Waals surface area contributed by atoms with Crippen LogP contribution in [0.3, 0.4) is 0 Å². The van der Waals surface area contributed by atoms with E-state index in [-0.39, 0.29) is 16.8 Å². The van der Waals surface area contributed by atoms with Crippen molar-refractivity contribution in [3.63, 3.8) is 0 Å². The van der Waals surface area contributed by atoms with Gasteiger partial charge in [0, 0.05) is 17.2 Å². The van der Waals surface area contributed by atoms with Crippen LogP contribution in [0, 0.1) is 17.0 Å². The van der Waals surface area contributed by atoms with Gasteiger partial charge in [-0.15, -0.1) is 0 Å². The van der Waals surface area contributed by atoms with E-state index in [0.717, 1.165) is 0 Å². The van der Waals surface area contributed by atoms with Gasteiger partial charge in [0.05, 0.1) is 17.6 Å². The lowest BCUT2D eigenvalue weighted by Gasteiger charge is -2.09. The van der Waals surface area contributed by atoms with Crippen molar-refractivity contribution in [2.75, 3.05) is 7.11 Å². The van der Waals surface area contributed by atoms with E-state index in [2.05, 4.69) is 4.74 Å². The highest BCUT2D eigenvalue weighted by Crippen LogP contribution is 2.30. The zero-order valence-corrected chi connectivity index (χ0v) is 12.0. The lowest BCUT2D eigenvalue weighted by molar-refractivity contribution is -0.385. The van der Waals surface area contributed by atoms with E-state index < -0.39 is 10.9 Å². The fourth-order valence-electron chi connectivity index (χ4n) is 2.13. The summed E-state index contributed by atoms with van der Waals surface area (Å²) in [6.07, 6.45) is 0.710. The van der Waals surface area contributed by atoms with E-state index in [4.69, 9.17) is 0 Å². The van der Waals surface area contributed by atoms with Gasteiger partial charge in [0.15, 0.2) is 0 Å². The minimum Gasteiger partial charge on any atom is -0.465 e. The summed E-state index contributed by atoms with van der Waals surface area (Å²) >= 11 is 0. The average molecular weight is 299 g/mol. The highest BCUT2D eigenvalue weighted by Gasteiger charge is 2.21. The Kier molecular flexibility index (Phi) is 4.31. The second kappa shape index (κ2) is 6.17. The molecule has 2 rings (SSSR count). The molecule has 0 saturated heterocycles. The molecule has 0 fully saturated rings. The standard InChI is InChI=1S/C16H13NO5/c1-10-14(16(19)22-2)7-13(8-15(10)17(20)21)12-5-3-11(9-18)4-6-12/h3-9H,1-2H3. The fraction of sp³-hybridized carbons (Fsp3) is 0.125. The van der Waals surface area contributed by atoms with Crippen molar-refractivity contribution in [1.82, 2.24) is 0 Å². The van der Waals surface area contributed by atoms with Gasteiger partial charge in [-0.05, 0) is 24.1 Å². The highest BCUT2D eigenvalue weighted by atomic mass is 16.6. The first kappa shape index (κ1) is 15.4. The number of rotatable bonds is 4. The third kappa shape index (κ3) is 2.85. The van der Waals surface area contributed by atoms with Crippen molar-refractivity contribution >= 4 is 17.9 Å². The number of carbonyl (C=O) groups excluding carboxylic acids is 2. The number of nitro groups is 1. The van der Waals surface area contributed by atoms with Crippen LogP contribution in [-0.2, 0) is 4.74 Å². The molecular weight excluding hydrogens is 286 g/mol. The van der Waals surface area contributed by atoms with Crippen molar-refractivity contribution in [3.05, 3.63) is 63.2 Å². The Morgan fingerprint density at radius 1 is 1.18 bits per heavy atom. The first-order valence-electron chi connectivity index (χ1n) is 6.41. The van der Waals surface area contributed by atoms with Crippen LogP contribution in [0.2, 0.25) is 0 Å². The molecule has 112 valence electrons. The number of methoxy groups -OCH3 is 1. The summed E-state index contributed by atoms with van der Waals surface area (Å²) in [5, 5.41) is 11.2. The number of ether oxygens (including phenoxy) is 1. The van der Waals surface area contributed by atoms with Crippen LogP contribution in [0.4, 0.5) is 5.69 Å². The fourth-order valence-corrected chi connectivity index (χ4v) is 2.13. The topological polar surface area (TPSA) is 86.5 Å². The van der Waals surface area contributed by atoms with Crippen LogP contribution in [0.1, 0.15) is 26.3 Å². The second-order valence-corrected chi connectivity index (χ2v) is 4.66. The van der Waals surface area contributed by atoms with Crippen molar-refractivity contribution in [2.45, 2.75) is 6.92 Å². The quantitative estimate of drug-likeness (QED) is 0.374. The molecule has 0 spiro atoms. The smallest absolute Gasteiger partial charge is 0.338 e. The number of benzene rings is 2. The largest absolute Gasteiger partial charge is 0.465 e. The normalized spacial score (nSPS) is 10.1. The minimum atomic E-state index is -0.632.